The molecule has 0 radical (unpaired) electrons. The molecule has 0 spiro atoms. The number of amides is 2. The Balaban J connectivity index is 1.39. The summed E-state index contributed by atoms with van der Waals surface area (Å²) >= 11 is 17.6. The SMILES string of the molecule is CCC(=O)N1CCN(c2ccccc2NC(=S)NC(=O)c2ccc(-c3ccc(Cl)cc3Cl)o2)CC1. The predicted octanol–water partition coefficient (Wildman–Crippen LogP) is 5.44. The highest BCUT2D eigenvalue weighted by Gasteiger charge is 2.22. The highest BCUT2D eigenvalue weighted by atomic mass is 35.5. The second-order valence-corrected chi connectivity index (χ2v) is 9.19. The average molecular weight is 531 g/mol. The quantitative estimate of drug-likeness (QED) is 0.427. The molecule has 1 aliphatic heterocycles. The molecule has 10 heteroatoms. The van der Waals surface area contributed by atoms with Gasteiger partial charge in [0.05, 0.1) is 16.4 Å². The molecule has 7 nitrogen and oxygen atoms in total. The summed E-state index contributed by atoms with van der Waals surface area (Å²) in [7, 11) is 0. The van der Waals surface area contributed by atoms with Gasteiger partial charge in [-0.2, -0.15) is 0 Å². The van der Waals surface area contributed by atoms with E-state index in [1.54, 1.807) is 30.3 Å². The second-order valence-electron chi connectivity index (χ2n) is 7.93. The van der Waals surface area contributed by atoms with Gasteiger partial charge in [-0.25, -0.2) is 0 Å². The molecular formula is C25H24Cl2N4O3S. The van der Waals surface area contributed by atoms with E-state index in [4.69, 9.17) is 39.8 Å². The van der Waals surface area contributed by atoms with Crippen LogP contribution in [0.15, 0.2) is 59.0 Å². The van der Waals surface area contributed by atoms with E-state index in [1.807, 2.05) is 36.1 Å². The maximum absolute atomic E-state index is 12.7. The van der Waals surface area contributed by atoms with E-state index in [1.165, 1.54) is 0 Å². The fourth-order valence-electron chi connectivity index (χ4n) is 3.89. The summed E-state index contributed by atoms with van der Waals surface area (Å²) in [5, 5.41) is 6.84. The van der Waals surface area contributed by atoms with Gasteiger partial charge < -0.3 is 19.5 Å². The Morgan fingerprint density at radius 1 is 1.03 bits per heavy atom. The molecule has 182 valence electrons. The first kappa shape index (κ1) is 25.0. The number of carbonyl (C=O) groups is 2. The number of nitrogens with one attached hydrogen (secondary N) is 2. The lowest BCUT2D eigenvalue weighted by atomic mass is 10.2. The zero-order chi connectivity index (χ0) is 24.9. The van der Waals surface area contributed by atoms with Gasteiger partial charge in [-0.3, -0.25) is 14.9 Å². The number of nitrogens with zero attached hydrogens (tertiary/aromatic N) is 2. The van der Waals surface area contributed by atoms with Crippen LogP contribution in [0.1, 0.15) is 23.9 Å². The Labute approximate surface area is 219 Å². The van der Waals surface area contributed by atoms with Crippen molar-refractivity contribution in [3.63, 3.8) is 0 Å². The second kappa shape index (κ2) is 11.1. The van der Waals surface area contributed by atoms with Crippen LogP contribution in [0.25, 0.3) is 11.3 Å². The Morgan fingerprint density at radius 2 is 1.77 bits per heavy atom. The lowest BCUT2D eigenvalue weighted by Crippen LogP contribution is -2.48. The number of piperazine rings is 1. The molecule has 2 heterocycles. The van der Waals surface area contributed by atoms with E-state index >= 15 is 0 Å². The summed E-state index contributed by atoms with van der Waals surface area (Å²) in [6, 6.07) is 16.0. The summed E-state index contributed by atoms with van der Waals surface area (Å²) in [6.45, 7) is 4.64. The van der Waals surface area contributed by atoms with Gasteiger partial charge in [-0.1, -0.05) is 42.3 Å². The molecule has 0 bridgehead atoms. The Hall–Kier alpha value is -3.07. The van der Waals surface area contributed by atoms with Crippen molar-refractivity contribution in [3.05, 3.63) is 70.4 Å². The monoisotopic (exact) mass is 530 g/mol. The number of anilines is 2. The molecule has 2 aromatic carbocycles. The number of furan rings is 1. The Bertz CT molecular complexity index is 1260. The summed E-state index contributed by atoms with van der Waals surface area (Å²) in [6.07, 6.45) is 0.510. The molecule has 0 saturated carbocycles. The van der Waals surface area contributed by atoms with E-state index in [9.17, 15) is 9.59 Å². The first-order chi connectivity index (χ1) is 16.9. The number of thiocarbonyl (C=S) groups is 1. The smallest absolute Gasteiger partial charge is 0.293 e. The molecule has 2 N–H and O–H groups in total. The minimum atomic E-state index is -0.483. The first-order valence-electron chi connectivity index (χ1n) is 11.1. The Kier molecular flexibility index (Phi) is 7.95. The van der Waals surface area contributed by atoms with Crippen molar-refractivity contribution in [2.45, 2.75) is 13.3 Å². The standard InChI is InChI=1S/C25H24Cl2N4O3S/c1-2-23(32)31-13-11-30(12-14-31)20-6-4-3-5-19(20)28-25(35)29-24(33)22-10-9-21(34-22)17-8-7-16(26)15-18(17)27/h3-10,15H,2,11-14H2,1H3,(H2,28,29,33,35). The van der Waals surface area contributed by atoms with E-state index in [2.05, 4.69) is 15.5 Å². The highest BCUT2D eigenvalue weighted by Crippen LogP contribution is 2.31. The first-order valence-corrected chi connectivity index (χ1v) is 12.3. The van der Waals surface area contributed by atoms with Gasteiger partial charge in [0.15, 0.2) is 10.9 Å². The van der Waals surface area contributed by atoms with E-state index in [-0.39, 0.29) is 16.8 Å². The van der Waals surface area contributed by atoms with Gasteiger partial charge in [-0.05, 0) is 54.7 Å². The topological polar surface area (TPSA) is 77.8 Å². The summed E-state index contributed by atoms with van der Waals surface area (Å²) in [5.74, 6) is 0.226. The normalized spacial score (nSPS) is 13.5. The largest absolute Gasteiger partial charge is 0.451 e. The molecule has 0 unspecified atom stereocenters. The maximum atomic E-state index is 12.7. The van der Waals surface area contributed by atoms with Gasteiger partial charge in [0, 0.05) is 43.2 Å². The van der Waals surface area contributed by atoms with Crippen molar-refractivity contribution in [2.24, 2.45) is 0 Å². The average Bonchev–Trinajstić information content (AvgIpc) is 3.34. The molecule has 2 amide bonds. The summed E-state index contributed by atoms with van der Waals surface area (Å²) in [4.78, 5) is 28.8. The molecule has 1 saturated heterocycles. The van der Waals surface area contributed by atoms with Gasteiger partial charge in [0.2, 0.25) is 5.91 Å². The van der Waals surface area contributed by atoms with Crippen molar-refractivity contribution in [1.29, 1.82) is 0 Å². The molecular weight excluding hydrogens is 507 g/mol. The number of carbonyl (C=O) groups excluding carboxylic acids is 2. The van der Waals surface area contributed by atoms with Crippen LogP contribution in [-0.4, -0.2) is 48.0 Å². The third kappa shape index (κ3) is 5.96. The number of rotatable bonds is 5. The number of halogens is 2. The van der Waals surface area contributed by atoms with Crippen molar-refractivity contribution < 1.29 is 14.0 Å². The number of hydrogen-bond acceptors (Lipinski definition) is 5. The lowest BCUT2D eigenvalue weighted by molar-refractivity contribution is -0.131. The number of benzene rings is 2. The van der Waals surface area contributed by atoms with Crippen molar-refractivity contribution >= 4 is 63.7 Å². The third-order valence-corrected chi connectivity index (χ3v) is 6.43. The van der Waals surface area contributed by atoms with Crippen LogP contribution in [0.4, 0.5) is 11.4 Å². The lowest BCUT2D eigenvalue weighted by Gasteiger charge is -2.37. The van der Waals surface area contributed by atoms with Gasteiger partial charge in [-0.15, -0.1) is 0 Å². The zero-order valence-electron chi connectivity index (χ0n) is 19.0. The van der Waals surface area contributed by atoms with Crippen LogP contribution in [-0.2, 0) is 4.79 Å². The highest BCUT2D eigenvalue weighted by molar-refractivity contribution is 7.80. The number of hydrogen-bond donors (Lipinski definition) is 2. The van der Waals surface area contributed by atoms with Crippen LogP contribution in [0.2, 0.25) is 10.0 Å². The molecule has 1 fully saturated rings. The van der Waals surface area contributed by atoms with Crippen LogP contribution < -0.4 is 15.5 Å². The Morgan fingerprint density at radius 3 is 2.49 bits per heavy atom. The van der Waals surface area contributed by atoms with Crippen molar-refractivity contribution in [3.8, 4) is 11.3 Å². The van der Waals surface area contributed by atoms with E-state index in [0.29, 0.717) is 54.0 Å². The molecule has 0 aliphatic carbocycles. The predicted molar refractivity (Wildman–Crippen MR) is 143 cm³/mol. The van der Waals surface area contributed by atoms with Gasteiger partial charge in [0.25, 0.3) is 5.91 Å². The number of para-hydroxylation sites is 2. The van der Waals surface area contributed by atoms with E-state index < -0.39 is 5.91 Å². The minimum absolute atomic E-state index is 0.0974. The van der Waals surface area contributed by atoms with Crippen LogP contribution in [0.3, 0.4) is 0 Å². The van der Waals surface area contributed by atoms with Crippen LogP contribution in [0.5, 0.6) is 0 Å². The summed E-state index contributed by atoms with van der Waals surface area (Å²) in [5.41, 5.74) is 2.34. The fourth-order valence-corrected chi connectivity index (χ4v) is 4.59. The molecule has 1 aromatic heterocycles. The molecule has 3 aromatic rings. The van der Waals surface area contributed by atoms with Gasteiger partial charge >= 0.3 is 0 Å². The third-order valence-electron chi connectivity index (χ3n) is 5.68. The molecule has 4 rings (SSSR count). The van der Waals surface area contributed by atoms with Crippen molar-refractivity contribution in [2.75, 3.05) is 36.4 Å². The summed E-state index contributed by atoms with van der Waals surface area (Å²) < 4.78 is 5.69. The molecule has 1 aliphatic rings. The van der Waals surface area contributed by atoms with Crippen molar-refractivity contribution in [1.82, 2.24) is 10.2 Å². The van der Waals surface area contributed by atoms with Crippen LogP contribution >= 0.6 is 35.4 Å². The molecule has 0 atom stereocenters. The maximum Gasteiger partial charge on any atom is 0.293 e. The zero-order valence-corrected chi connectivity index (χ0v) is 21.3. The molecule has 35 heavy (non-hydrogen) atoms. The van der Waals surface area contributed by atoms with Gasteiger partial charge in [0.1, 0.15) is 5.76 Å². The fraction of sp³-hybridized carbons (Fsp3) is 0.240. The van der Waals surface area contributed by atoms with E-state index in [0.717, 1.165) is 11.4 Å². The van der Waals surface area contributed by atoms with Crippen LogP contribution in [0, 0.1) is 0 Å². The minimum Gasteiger partial charge on any atom is -0.451 e.